The molecule has 32 heavy (non-hydrogen) atoms. The molecular formula is C23H30ClN5O2S. The number of rotatable bonds is 8. The van der Waals surface area contributed by atoms with Gasteiger partial charge in [-0.3, -0.25) is 9.69 Å². The van der Waals surface area contributed by atoms with Crippen molar-refractivity contribution in [3.8, 4) is 5.75 Å². The van der Waals surface area contributed by atoms with E-state index in [1.54, 1.807) is 36.8 Å². The Morgan fingerprint density at radius 1 is 1.16 bits per heavy atom. The Morgan fingerprint density at radius 2 is 1.94 bits per heavy atom. The fraction of sp³-hybridized carbons (Fsp3) is 0.391. The van der Waals surface area contributed by atoms with Crippen LogP contribution in [0, 0.1) is 0 Å². The van der Waals surface area contributed by atoms with Gasteiger partial charge in [0.2, 0.25) is 0 Å². The number of hydrogen-bond donors (Lipinski definition) is 2. The first-order valence-electron chi connectivity index (χ1n) is 10.7. The van der Waals surface area contributed by atoms with Gasteiger partial charge in [-0.15, -0.1) is 12.4 Å². The van der Waals surface area contributed by atoms with Gasteiger partial charge in [-0.2, -0.15) is 4.37 Å². The van der Waals surface area contributed by atoms with E-state index in [1.807, 2.05) is 0 Å². The van der Waals surface area contributed by atoms with Crippen LogP contribution in [0.4, 0.5) is 11.5 Å². The smallest absolute Gasteiger partial charge is 0.253 e. The van der Waals surface area contributed by atoms with E-state index in [0.29, 0.717) is 23.5 Å². The quantitative estimate of drug-likeness (QED) is 0.382. The minimum Gasteiger partial charge on any atom is -0.497 e. The number of nitrogens with two attached hydrogens (primary N) is 1. The van der Waals surface area contributed by atoms with Crippen LogP contribution >= 0.6 is 23.9 Å². The molecule has 1 aliphatic rings. The number of nitrogens with one attached hydrogen (secondary N) is 1. The van der Waals surface area contributed by atoms with Crippen LogP contribution in [0.2, 0.25) is 0 Å². The Hall–Kier alpha value is -2.55. The van der Waals surface area contributed by atoms with Gasteiger partial charge in [-0.1, -0.05) is 12.1 Å². The summed E-state index contributed by atoms with van der Waals surface area (Å²) in [6.07, 6.45) is 1.99. The first-order valence-corrected chi connectivity index (χ1v) is 11.5. The molecule has 3 N–H and O–H groups in total. The molecule has 9 heteroatoms. The molecule has 0 atom stereocenters. The summed E-state index contributed by atoms with van der Waals surface area (Å²) in [5.74, 6) is 1.60. The van der Waals surface area contributed by atoms with Crippen LogP contribution in [0.25, 0.3) is 10.1 Å². The van der Waals surface area contributed by atoms with Gasteiger partial charge in [0.05, 0.1) is 17.4 Å². The average molecular weight is 476 g/mol. The molecule has 1 aliphatic heterocycles. The number of carbonyl (C=O) groups is 1. The molecule has 3 aromatic rings. The molecule has 0 spiro atoms. The molecule has 1 amide bonds. The van der Waals surface area contributed by atoms with Gasteiger partial charge < -0.3 is 20.7 Å². The second-order valence-electron chi connectivity index (χ2n) is 7.75. The third-order valence-corrected chi connectivity index (χ3v) is 6.54. The number of ether oxygens (including phenoxy) is 1. The van der Waals surface area contributed by atoms with Crippen molar-refractivity contribution in [2.75, 3.05) is 57.0 Å². The van der Waals surface area contributed by atoms with E-state index < -0.39 is 0 Å². The number of amides is 1. The van der Waals surface area contributed by atoms with Crippen molar-refractivity contribution < 1.29 is 9.53 Å². The molecule has 2 aromatic carbocycles. The van der Waals surface area contributed by atoms with Crippen LogP contribution in [0.15, 0.2) is 42.5 Å². The van der Waals surface area contributed by atoms with Crippen molar-refractivity contribution in [2.45, 2.75) is 12.8 Å². The second kappa shape index (κ2) is 11.4. The highest BCUT2D eigenvalue weighted by atomic mass is 35.5. The summed E-state index contributed by atoms with van der Waals surface area (Å²) in [4.78, 5) is 17.3. The average Bonchev–Trinajstić information content (AvgIpc) is 3.24. The third kappa shape index (κ3) is 5.62. The summed E-state index contributed by atoms with van der Waals surface area (Å²) in [5.41, 5.74) is 6.84. The lowest BCUT2D eigenvalue weighted by atomic mass is 10.1. The molecule has 4 rings (SSSR count). The standard InChI is InChI=1S/C23H29N5O2S.ClH/c1-30-17-8-9-20(24)19(16-17)23(29)25-10-4-5-11-27-12-14-28(15-13-27)22-18-6-2-3-7-21(18)31-26-22;/h2-3,6-9,16H,4-5,10-15,24H2,1H3,(H,25,29);1H. The lowest BCUT2D eigenvalue weighted by Gasteiger charge is -2.35. The van der Waals surface area contributed by atoms with Crippen LogP contribution < -0.4 is 20.7 Å². The molecule has 2 heterocycles. The molecule has 1 fully saturated rings. The first kappa shape index (κ1) is 24.1. The van der Waals surface area contributed by atoms with Gasteiger partial charge in [0.15, 0.2) is 0 Å². The van der Waals surface area contributed by atoms with Crippen LogP contribution in [0.5, 0.6) is 5.75 Å². The van der Waals surface area contributed by atoms with Gasteiger partial charge >= 0.3 is 0 Å². The van der Waals surface area contributed by atoms with E-state index >= 15 is 0 Å². The number of aromatic nitrogens is 1. The highest BCUT2D eigenvalue weighted by Crippen LogP contribution is 2.29. The van der Waals surface area contributed by atoms with Crippen LogP contribution in [-0.2, 0) is 0 Å². The lowest BCUT2D eigenvalue weighted by molar-refractivity contribution is 0.0953. The maximum Gasteiger partial charge on any atom is 0.253 e. The summed E-state index contributed by atoms with van der Waals surface area (Å²) in [6, 6.07) is 13.6. The highest BCUT2D eigenvalue weighted by molar-refractivity contribution is 7.13. The topological polar surface area (TPSA) is 83.7 Å². The molecule has 0 aliphatic carbocycles. The van der Waals surface area contributed by atoms with Crippen molar-refractivity contribution in [3.63, 3.8) is 0 Å². The van der Waals surface area contributed by atoms with Gasteiger partial charge in [0, 0.05) is 43.8 Å². The Labute approximate surface area is 199 Å². The van der Waals surface area contributed by atoms with E-state index in [-0.39, 0.29) is 18.3 Å². The molecule has 0 saturated carbocycles. The molecule has 1 saturated heterocycles. The molecule has 7 nitrogen and oxygen atoms in total. The Kier molecular flexibility index (Phi) is 8.55. The number of carbonyl (C=O) groups excluding carboxylic acids is 1. The van der Waals surface area contributed by atoms with Crippen molar-refractivity contribution in [1.29, 1.82) is 0 Å². The van der Waals surface area contributed by atoms with Gasteiger partial charge in [-0.25, -0.2) is 0 Å². The minimum absolute atomic E-state index is 0. The largest absolute Gasteiger partial charge is 0.497 e. The summed E-state index contributed by atoms with van der Waals surface area (Å²) in [6.45, 7) is 5.76. The molecule has 0 unspecified atom stereocenters. The maximum atomic E-state index is 12.4. The third-order valence-electron chi connectivity index (χ3n) is 5.72. The number of anilines is 2. The SMILES string of the molecule is COc1ccc(N)c(C(=O)NCCCCN2CCN(c3nsc4ccccc34)CC2)c1.Cl. The van der Waals surface area contributed by atoms with Crippen molar-refractivity contribution in [2.24, 2.45) is 0 Å². The van der Waals surface area contributed by atoms with Crippen molar-refractivity contribution in [3.05, 3.63) is 48.0 Å². The molecular weight excluding hydrogens is 446 g/mol. The number of hydrogen-bond acceptors (Lipinski definition) is 7. The van der Waals surface area contributed by atoms with Crippen molar-refractivity contribution in [1.82, 2.24) is 14.6 Å². The minimum atomic E-state index is -0.152. The summed E-state index contributed by atoms with van der Waals surface area (Å²) < 4.78 is 11.1. The lowest BCUT2D eigenvalue weighted by Crippen LogP contribution is -2.46. The predicted octanol–water partition coefficient (Wildman–Crippen LogP) is 3.64. The molecule has 1 aromatic heterocycles. The van der Waals surface area contributed by atoms with E-state index in [2.05, 4.69) is 43.8 Å². The monoisotopic (exact) mass is 475 g/mol. The Morgan fingerprint density at radius 3 is 2.72 bits per heavy atom. The maximum absolute atomic E-state index is 12.4. The van der Waals surface area contributed by atoms with Gasteiger partial charge in [0.1, 0.15) is 11.6 Å². The zero-order chi connectivity index (χ0) is 21.6. The Bertz CT molecular complexity index is 1040. The first-order chi connectivity index (χ1) is 15.2. The fourth-order valence-corrected chi connectivity index (χ4v) is 4.70. The van der Waals surface area contributed by atoms with E-state index in [1.165, 1.54) is 10.1 Å². The molecule has 0 radical (unpaired) electrons. The number of benzene rings is 2. The summed E-state index contributed by atoms with van der Waals surface area (Å²) >= 11 is 1.58. The number of methoxy groups -OCH3 is 1. The second-order valence-corrected chi connectivity index (χ2v) is 8.55. The molecule has 0 bridgehead atoms. The number of unbranched alkanes of at least 4 members (excludes halogenated alkanes) is 1. The van der Waals surface area contributed by atoms with Gasteiger partial charge in [-0.05, 0) is 61.3 Å². The summed E-state index contributed by atoms with van der Waals surface area (Å²) in [7, 11) is 1.58. The Balaban J connectivity index is 0.00000289. The van der Waals surface area contributed by atoms with Crippen LogP contribution in [-0.4, -0.2) is 61.6 Å². The van der Waals surface area contributed by atoms with E-state index in [4.69, 9.17) is 10.5 Å². The number of piperazine rings is 1. The zero-order valence-corrected chi connectivity index (χ0v) is 19.9. The highest BCUT2D eigenvalue weighted by Gasteiger charge is 2.20. The van der Waals surface area contributed by atoms with Crippen LogP contribution in [0.3, 0.4) is 0 Å². The fourth-order valence-electron chi connectivity index (χ4n) is 3.90. The zero-order valence-electron chi connectivity index (χ0n) is 18.3. The van der Waals surface area contributed by atoms with Gasteiger partial charge in [0.25, 0.3) is 5.91 Å². The van der Waals surface area contributed by atoms with E-state index in [9.17, 15) is 4.79 Å². The normalized spacial score (nSPS) is 14.2. The van der Waals surface area contributed by atoms with Crippen LogP contribution in [0.1, 0.15) is 23.2 Å². The number of nitrogen functional groups attached to an aromatic ring is 1. The molecule has 172 valence electrons. The number of nitrogens with zero attached hydrogens (tertiary/aromatic N) is 3. The number of halogens is 1. The van der Waals surface area contributed by atoms with E-state index in [0.717, 1.165) is 51.4 Å². The van der Waals surface area contributed by atoms with Crippen molar-refractivity contribution >= 4 is 51.4 Å². The number of fused-ring (bicyclic) bond motifs is 1. The summed E-state index contributed by atoms with van der Waals surface area (Å²) in [5, 5.41) is 4.22. The predicted molar refractivity (Wildman–Crippen MR) is 134 cm³/mol.